The van der Waals surface area contributed by atoms with Gasteiger partial charge in [0.1, 0.15) is 5.75 Å². The van der Waals surface area contributed by atoms with Gasteiger partial charge >= 0.3 is 5.97 Å². The van der Waals surface area contributed by atoms with E-state index in [9.17, 15) is 9.59 Å². The first-order chi connectivity index (χ1) is 13.6. The molecule has 3 aromatic carbocycles. The smallest absolute Gasteiger partial charge is 0.338 e. The molecule has 0 heterocycles. The molecule has 28 heavy (non-hydrogen) atoms. The van der Waals surface area contributed by atoms with Gasteiger partial charge in [0.05, 0.1) is 16.6 Å². The molecule has 0 aliphatic rings. The van der Waals surface area contributed by atoms with Crippen LogP contribution in [0.1, 0.15) is 23.7 Å². The minimum Gasteiger partial charge on any atom is -0.483 e. The molecule has 3 aromatic rings. The normalized spacial score (nSPS) is 10.5. The van der Waals surface area contributed by atoms with Gasteiger partial charge < -0.3 is 14.8 Å². The van der Waals surface area contributed by atoms with Gasteiger partial charge in [0.2, 0.25) is 0 Å². The number of anilines is 1. The minimum absolute atomic E-state index is 0.128. The number of nitrogens with one attached hydrogen (secondary N) is 1. The fourth-order valence-electron chi connectivity index (χ4n) is 2.63. The van der Waals surface area contributed by atoms with Gasteiger partial charge in [-0.2, -0.15) is 0 Å². The van der Waals surface area contributed by atoms with Crippen molar-refractivity contribution in [1.29, 1.82) is 0 Å². The summed E-state index contributed by atoms with van der Waals surface area (Å²) < 4.78 is 11.5. The lowest BCUT2D eigenvalue weighted by atomic mass is 10.1. The van der Waals surface area contributed by atoms with Gasteiger partial charge in [0, 0.05) is 5.69 Å². The highest BCUT2D eigenvalue weighted by atomic mass is 79.9. The summed E-state index contributed by atoms with van der Waals surface area (Å²) in [5, 5.41) is 4.85. The van der Waals surface area contributed by atoms with E-state index < -0.39 is 0 Å². The van der Waals surface area contributed by atoms with Crippen LogP contribution in [0.3, 0.4) is 0 Å². The second-order valence-corrected chi connectivity index (χ2v) is 6.94. The molecule has 0 atom stereocenters. The fourth-order valence-corrected chi connectivity index (χ4v) is 3.24. The molecule has 0 radical (unpaired) electrons. The Bertz CT molecular complexity index is 985. The highest BCUT2D eigenvalue weighted by molar-refractivity contribution is 9.10. The molecule has 0 bridgehead atoms. The first-order valence-corrected chi connectivity index (χ1v) is 9.75. The van der Waals surface area contributed by atoms with Crippen molar-refractivity contribution in [2.75, 3.05) is 18.5 Å². The number of halogens is 1. The maximum absolute atomic E-state index is 12.2. The molecule has 0 aromatic heterocycles. The summed E-state index contributed by atoms with van der Waals surface area (Å²) in [6.45, 7) is 2.20. The Morgan fingerprint density at radius 2 is 1.75 bits per heavy atom. The molecule has 0 aliphatic heterocycles. The van der Waals surface area contributed by atoms with Gasteiger partial charge in [-0.05, 0) is 63.5 Å². The average Bonchev–Trinajstić information content (AvgIpc) is 2.72. The zero-order valence-corrected chi connectivity index (χ0v) is 17.0. The lowest BCUT2D eigenvalue weighted by Gasteiger charge is -2.11. The second kappa shape index (κ2) is 9.37. The van der Waals surface area contributed by atoms with E-state index in [0.717, 1.165) is 21.7 Å². The molecule has 3 rings (SSSR count). The van der Waals surface area contributed by atoms with Gasteiger partial charge in [-0.15, -0.1) is 0 Å². The number of fused-ring (bicyclic) bond motifs is 1. The third-order valence-electron chi connectivity index (χ3n) is 4.03. The summed E-state index contributed by atoms with van der Waals surface area (Å²) >= 11 is 3.54. The molecule has 1 amide bonds. The maximum atomic E-state index is 12.2. The van der Waals surface area contributed by atoms with Crippen LogP contribution in [0.5, 0.6) is 5.75 Å². The molecular weight excluding hydrogens is 422 g/mol. The van der Waals surface area contributed by atoms with Crippen LogP contribution in [0.15, 0.2) is 65.1 Å². The third kappa shape index (κ3) is 4.89. The number of esters is 1. The van der Waals surface area contributed by atoms with Gasteiger partial charge in [-0.25, -0.2) is 4.79 Å². The molecule has 5 nitrogen and oxygen atoms in total. The highest BCUT2D eigenvalue weighted by Crippen LogP contribution is 2.33. The van der Waals surface area contributed by atoms with Crippen molar-refractivity contribution in [3.8, 4) is 5.75 Å². The number of hydrogen-bond donors (Lipinski definition) is 1. The summed E-state index contributed by atoms with van der Waals surface area (Å²) in [6, 6.07) is 18.3. The van der Waals surface area contributed by atoms with E-state index >= 15 is 0 Å². The summed E-state index contributed by atoms with van der Waals surface area (Å²) in [5.41, 5.74) is 1.03. The van der Waals surface area contributed by atoms with Crippen molar-refractivity contribution in [2.24, 2.45) is 0 Å². The standard InChI is InChI=1S/C22H20BrNO4/c1-2-13-27-22(26)16-7-10-17(11-8-16)24-20(25)14-28-19-12-9-15-5-3-4-6-18(15)21(19)23/h3-12H,2,13-14H2,1H3,(H,24,25). The first-order valence-electron chi connectivity index (χ1n) is 8.95. The number of hydrogen-bond acceptors (Lipinski definition) is 4. The van der Waals surface area contributed by atoms with Crippen LogP contribution in [-0.2, 0) is 9.53 Å². The molecule has 144 valence electrons. The molecule has 0 unspecified atom stereocenters. The summed E-state index contributed by atoms with van der Waals surface area (Å²) in [7, 11) is 0. The Morgan fingerprint density at radius 1 is 1.00 bits per heavy atom. The van der Waals surface area contributed by atoms with Crippen molar-refractivity contribution in [2.45, 2.75) is 13.3 Å². The van der Waals surface area contributed by atoms with Crippen molar-refractivity contribution < 1.29 is 19.1 Å². The van der Waals surface area contributed by atoms with Gasteiger partial charge in [0.15, 0.2) is 6.61 Å². The van der Waals surface area contributed by atoms with E-state index in [1.165, 1.54) is 0 Å². The van der Waals surface area contributed by atoms with Gasteiger partial charge in [-0.3, -0.25) is 4.79 Å². The number of rotatable bonds is 7. The molecule has 1 N–H and O–H groups in total. The van der Waals surface area contributed by atoms with Crippen LogP contribution >= 0.6 is 15.9 Å². The van der Waals surface area contributed by atoms with Crippen molar-refractivity contribution >= 4 is 44.3 Å². The fraction of sp³-hybridized carbons (Fsp3) is 0.182. The number of carbonyl (C=O) groups excluding carboxylic acids is 2. The number of benzene rings is 3. The van der Waals surface area contributed by atoms with Crippen molar-refractivity contribution in [1.82, 2.24) is 0 Å². The van der Waals surface area contributed by atoms with E-state index in [0.29, 0.717) is 23.6 Å². The Labute approximate surface area is 171 Å². The van der Waals surface area contributed by atoms with Gasteiger partial charge in [0.25, 0.3) is 5.91 Å². The topological polar surface area (TPSA) is 64.6 Å². The predicted molar refractivity (Wildman–Crippen MR) is 113 cm³/mol. The Balaban J connectivity index is 1.57. The molecule has 0 saturated carbocycles. The lowest BCUT2D eigenvalue weighted by molar-refractivity contribution is -0.118. The Hall–Kier alpha value is -2.86. The molecule has 0 fully saturated rings. The van der Waals surface area contributed by atoms with Crippen LogP contribution in [0.4, 0.5) is 5.69 Å². The molecule has 0 saturated heterocycles. The van der Waals surface area contributed by atoms with Gasteiger partial charge in [-0.1, -0.05) is 37.3 Å². The average molecular weight is 442 g/mol. The summed E-state index contributed by atoms with van der Waals surface area (Å²) in [6.07, 6.45) is 0.771. The Kier molecular flexibility index (Phi) is 6.66. The van der Waals surface area contributed by atoms with Crippen molar-refractivity contribution in [3.05, 3.63) is 70.7 Å². The number of carbonyl (C=O) groups is 2. The highest BCUT2D eigenvalue weighted by Gasteiger charge is 2.10. The SMILES string of the molecule is CCCOC(=O)c1ccc(NC(=O)COc2ccc3ccccc3c2Br)cc1. The van der Waals surface area contributed by atoms with E-state index in [4.69, 9.17) is 9.47 Å². The monoisotopic (exact) mass is 441 g/mol. The predicted octanol–water partition coefficient (Wildman–Crippen LogP) is 5.19. The van der Waals surface area contributed by atoms with Crippen LogP contribution in [0.2, 0.25) is 0 Å². The largest absolute Gasteiger partial charge is 0.483 e. The summed E-state index contributed by atoms with van der Waals surface area (Å²) in [4.78, 5) is 24.0. The van der Waals surface area contributed by atoms with E-state index in [-0.39, 0.29) is 18.5 Å². The third-order valence-corrected chi connectivity index (χ3v) is 4.85. The zero-order valence-electron chi connectivity index (χ0n) is 15.4. The number of amides is 1. The van der Waals surface area contributed by atoms with Crippen LogP contribution in [0, 0.1) is 0 Å². The van der Waals surface area contributed by atoms with Crippen LogP contribution in [-0.4, -0.2) is 25.1 Å². The lowest BCUT2D eigenvalue weighted by Crippen LogP contribution is -2.20. The molecule has 0 aliphatic carbocycles. The van der Waals surface area contributed by atoms with E-state index in [1.807, 2.05) is 43.3 Å². The first kappa shape index (κ1) is 19.9. The summed E-state index contributed by atoms with van der Waals surface area (Å²) in [5.74, 6) is -0.0616. The Morgan fingerprint density at radius 3 is 2.50 bits per heavy atom. The second-order valence-electron chi connectivity index (χ2n) is 6.15. The van der Waals surface area contributed by atoms with Crippen LogP contribution in [0.25, 0.3) is 10.8 Å². The van der Waals surface area contributed by atoms with E-state index in [2.05, 4.69) is 21.2 Å². The number of ether oxygens (including phenoxy) is 2. The van der Waals surface area contributed by atoms with Crippen LogP contribution < -0.4 is 10.1 Å². The van der Waals surface area contributed by atoms with E-state index in [1.54, 1.807) is 24.3 Å². The molecule has 0 spiro atoms. The van der Waals surface area contributed by atoms with Crippen molar-refractivity contribution in [3.63, 3.8) is 0 Å². The zero-order chi connectivity index (χ0) is 19.9. The quantitative estimate of drug-likeness (QED) is 0.512. The minimum atomic E-state index is -0.371. The molecular formula is C22H20BrNO4. The maximum Gasteiger partial charge on any atom is 0.338 e. The molecule has 6 heteroatoms.